The Morgan fingerprint density at radius 1 is 1.31 bits per heavy atom. The fourth-order valence-electron chi connectivity index (χ4n) is 3.54. The van der Waals surface area contributed by atoms with E-state index in [1.165, 1.54) is 6.20 Å². The van der Waals surface area contributed by atoms with Crippen LogP contribution in [-0.2, 0) is 12.8 Å². The third kappa shape index (κ3) is 4.72. The van der Waals surface area contributed by atoms with Crippen LogP contribution in [0.2, 0.25) is 0 Å². The topological polar surface area (TPSA) is 97.2 Å². The van der Waals surface area contributed by atoms with Gasteiger partial charge in [-0.3, -0.25) is 19.9 Å². The average Bonchev–Trinajstić information content (AvgIpc) is 2.68. The Kier molecular flexibility index (Phi) is 6.15. The Bertz CT molecular complexity index is 926. The Labute approximate surface area is 171 Å². The first-order valence-electron chi connectivity index (χ1n) is 10.1. The number of benzene rings is 1. The average molecular weight is 396 g/mol. The van der Waals surface area contributed by atoms with E-state index in [1.807, 2.05) is 25.1 Å². The van der Waals surface area contributed by atoms with Crippen LogP contribution in [0.3, 0.4) is 0 Å². The minimum atomic E-state index is -0.435. The number of amides is 1. The highest BCUT2D eigenvalue weighted by molar-refractivity contribution is 5.97. The van der Waals surface area contributed by atoms with Crippen molar-refractivity contribution in [3.05, 3.63) is 63.0 Å². The molecule has 0 saturated heterocycles. The van der Waals surface area contributed by atoms with Crippen LogP contribution in [-0.4, -0.2) is 27.9 Å². The lowest BCUT2D eigenvalue weighted by atomic mass is 9.91. The molecule has 0 bridgehead atoms. The number of aromatic nitrogens is 1. The fraction of sp³-hybridized carbons (Fsp3) is 0.455. The first-order chi connectivity index (χ1) is 13.8. The Morgan fingerprint density at radius 3 is 2.76 bits per heavy atom. The molecule has 0 aliphatic heterocycles. The summed E-state index contributed by atoms with van der Waals surface area (Å²) < 4.78 is 0. The minimum Gasteiger partial charge on any atom is -0.382 e. The Morgan fingerprint density at radius 2 is 2.07 bits per heavy atom. The van der Waals surface area contributed by atoms with Crippen LogP contribution in [0, 0.1) is 23.0 Å². The maximum Gasteiger partial charge on any atom is 0.287 e. The molecule has 7 heteroatoms. The molecule has 1 amide bonds. The van der Waals surface area contributed by atoms with Gasteiger partial charge in [-0.05, 0) is 62.3 Å². The highest BCUT2D eigenvalue weighted by Gasteiger charge is 2.24. The largest absolute Gasteiger partial charge is 0.382 e. The lowest BCUT2D eigenvalue weighted by Crippen LogP contribution is -2.39. The van der Waals surface area contributed by atoms with Gasteiger partial charge < -0.3 is 10.6 Å². The number of nitrogens with one attached hydrogen (secondary N) is 2. The fourth-order valence-corrected chi connectivity index (χ4v) is 3.54. The number of rotatable bonds is 6. The van der Waals surface area contributed by atoms with Gasteiger partial charge in [-0.15, -0.1) is 0 Å². The maximum absolute atomic E-state index is 12.9. The summed E-state index contributed by atoms with van der Waals surface area (Å²) >= 11 is 0. The van der Waals surface area contributed by atoms with Crippen molar-refractivity contribution < 1.29 is 9.72 Å². The first-order valence-corrected chi connectivity index (χ1v) is 10.1. The molecule has 2 atom stereocenters. The smallest absolute Gasteiger partial charge is 0.287 e. The molecular weight excluding hydrogens is 368 g/mol. The zero-order chi connectivity index (χ0) is 21.1. The second-order valence-corrected chi connectivity index (χ2v) is 8.12. The number of aryl methyl sites for hydroxylation is 1. The summed E-state index contributed by atoms with van der Waals surface area (Å²) in [5, 5.41) is 17.6. The van der Waals surface area contributed by atoms with E-state index < -0.39 is 4.92 Å². The summed E-state index contributed by atoms with van der Waals surface area (Å²) in [5.41, 5.74) is 4.25. The summed E-state index contributed by atoms with van der Waals surface area (Å²) in [6.07, 6.45) is 3.32. The van der Waals surface area contributed by atoms with E-state index in [-0.39, 0.29) is 17.6 Å². The number of nitro groups is 1. The lowest BCUT2D eigenvalue weighted by Gasteiger charge is -2.25. The molecule has 0 fully saturated rings. The van der Waals surface area contributed by atoms with Crippen molar-refractivity contribution in [1.82, 2.24) is 10.3 Å². The van der Waals surface area contributed by atoms with Gasteiger partial charge in [0.25, 0.3) is 11.6 Å². The number of carbonyl (C=O) groups excluding carboxylic acids is 1. The van der Waals surface area contributed by atoms with Crippen LogP contribution in [0.1, 0.15) is 54.4 Å². The number of pyridine rings is 1. The summed E-state index contributed by atoms with van der Waals surface area (Å²) in [6, 6.07) is 7.52. The standard InChI is InChI=1S/C22H28N4O3/c1-13(2)15(4)24-20-7-5-6-19(14(20)3)22(27)25-17-8-9-21-16(10-17)11-18(12-23-21)26(28)29/h5-7,11-13,15,17,24H,8-10H2,1-4H3,(H,25,27)/t15-,17+/m1/s1. The molecule has 1 aromatic carbocycles. The third-order valence-electron chi connectivity index (χ3n) is 5.75. The Hall–Kier alpha value is -2.96. The molecule has 0 radical (unpaired) electrons. The van der Waals surface area contributed by atoms with Crippen LogP contribution in [0.4, 0.5) is 11.4 Å². The predicted molar refractivity (Wildman–Crippen MR) is 113 cm³/mol. The van der Waals surface area contributed by atoms with Crippen molar-refractivity contribution in [2.24, 2.45) is 5.92 Å². The number of carbonyl (C=O) groups is 1. The van der Waals surface area contributed by atoms with Gasteiger partial charge in [-0.25, -0.2) is 0 Å². The molecular formula is C22H28N4O3. The van der Waals surface area contributed by atoms with Crippen molar-refractivity contribution in [2.75, 3.05) is 5.32 Å². The number of fused-ring (bicyclic) bond motifs is 1. The van der Waals surface area contributed by atoms with Gasteiger partial charge in [0.1, 0.15) is 6.20 Å². The zero-order valence-electron chi connectivity index (χ0n) is 17.4. The highest BCUT2D eigenvalue weighted by Crippen LogP contribution is 2.25. The molecule has 29 heavy (non-hydrogen) atoms. The highest BCUT2D eigenvalue weighted by atomic mass is 16.6. The zero-order valence-corrected chi connectivity index (χ0v) is 17.4. The lowest BCUT2D eigenvalue weighted by molar-refractivity contribution is -0.385. The number of hydrogen-bond acceptors (Lipinski definition) is 5. The second-order valence-electron chi connectivity index (χ2n) is 8.12. The van der Waals surface area contributed by atoms with Crippen LogP contribution >= 0.6 is 0 Å². The monoisotopic (exact) mass is 396 g/mol. The van der Waals surface area contributed by atoms with Gasteiger partial charge in [0.05, 0.1) is 4.92 Å². The van der Waals surface area contributed by atoms with Crippen LogP contribution < -0.4 is 10.6 Å². The number of nitrogens with zero attached hydrogens (tertiary/aromatic N) is 2. The van der Waals surface area contributed by atoms with E-state index in [0.29, 0.717) is 30.4 Å². The van der Waals surface area contributed by atoms with Crippen molar-refractivity contribution in [1.29, 1.82) is 0 Å². The van der Waals surface area contributed by atoms with Gasteiger partial charge in [-0.2, -0.15) is 0 Å². The third-order valence-corrected chi connectivity index (χ3v) is 5.75. The quantitative estimate of drug-likeness (QED) is 0.567. The van der Waals surface area contributed by atoms with Gasteiger partial charge in [-0.1, -0.05) is 19.9 Å². The molecule has 154 valence electrons. The molecule has 0 unspecified atom stereocenters. The maximum atomic E-state index is 12.9. The summed E-state index contributed by atoms with van der Waals surface area (Å²) in [4.78, 5) is 27.7. The van der Waals surface area contributed by atoms with Gasteiger partial charge in [0.15, 0.2) is 0 Å². The molecule has 1 aliphatic carbocycles. The normalized spacial score (nSPS) is 16.8. The van der Waals surface area contributed by atoms with Crippen molar-refractivity contribution in [3.8, 4) is 0 Å². The number of anilines is 1. The molecule has 1 heterocycles. The predicted octanol–water partition coefficient (Wildman–Crippen LogP) is 4.04. The molecule has 2 aromatic rings. The van der Waals surface area contributed by atoms with E-state index in [4.69, 9.17) is 0 Å². The Balaban J connectivity index is 1.73. The summed E-state index contributed by atoms with van der Waals surface area (Å²) in [7, 11) is 0. The summed E-state index contributed by atoms with van der Waals surface area (Å²) in [5.74, 6) is 0.363. The first kappa shape index (κ1) is 20.8. The molecule has 0 saturated carbocycles. The van der Waals surface area contributed by atoms with E-state index in [9.17, 15) is 14.9 Å². The minimum absolute atomic E-state index is 0.00961. The van der Waals surface area contributed by atoms with Crippen molar-refractivity contribution in [2.45, 2.75) is 59.0 Å². The van der Waals surface area contributed by atoms with Gasteiger partial charge >= 0.3 is 0 Å². The molecule has 2 N–H and O–H groups in total. The van der Waals surface area contributed by atoms with Crippen molar-refractivity contribution in [3.63, 3.8) is 0 Å². The molecule has 0 spiro atoms. The van der Waals surface area contributed by atoms with Crippen molar-refractivity contribution >= 4 is 17.3 Å². The van der Waals surface area contributed by atoms with Crippen LogP contribution in [0.5, 0.6) is 0 Å². The van der Waals surface area contributed by atoms with Crippen LogP contribution in [0.25, 0.3) is 0 Å². The molecule has 7 nitrogen and oxygen atoms in total. The molecule has 1 aromatic heterocycles. The molecule has 3 rings (SSSR count). The van der Waals surface area contributed by atoms with Gasteiger partial charge in [0, 0.05) is 35.1 Å². The van der Waals surface area contributed by atoms with E-state index >= 15 is 0 Å². The van der Waals surface area contributed by atoms with Crippen LogP contribution in [0.15, 0.2) is 30.5 Å². The van der Waals surface area contributed by atoms with Gasteiger partial charge in [0.2, 0.25) is 0 Å². The van der Waals surface area contributed by atoms with E-state index in [2.05, 4.69) is 36.4 Å². The molecule has 1 aliphatic rings. The SMILES string of the molecule is Cc1c(N[C@H](C)C(C)C)cccc1C(=O)N[C@H]1CCc2ncc([N+](=O)[O-])cc2C1. The summed E-state index contributed by atoms with van der Waals surface area (Å²) in [6.45, 7) is 8.39. The second kappa shape index (κ2) is 8.59. The van der Waals surface area contributed by atoms with E-state index in [1.54, 1.807) is 6.07 Å². The number of hydrogen-bond donors (Lipinski definition) is 2. The van der Waals surface area contributed by atoms with E-state index in [0.717, 1.165) is 28.9 Å².